The number of nitrogens with zero attached hydrogens (tertiary/aromatic N) is 1. The summed E-state index contributed by atoms with van der Waals surface area (Å²) in [7, 11) is 0. The lowest BCUT2D eigenvalue weighted by Gasteiger charge is -2.06. The Balaban J connectivity index is 3.03. The van der Waals surface area contributed by atoms with Crippen LogP contribution in [0.3, 0.4) is 0 Å². The highest BCUT2D eigenvalue weighted by Gasteiger charge is 1.98. The van der Waals surface area contributed by atoms with Gasteiger partial charge < -0.3 is 5.32 Å². The number of benzene rings is 1. The highest BCUT2D eigenvalue weighted by Crippen LogP contribution is 2.27. The van der Waals surface area contributed by atoms with Gasteiger partial charge in [0.1, 0.15) is 0 Å². The van der Waals surface area contributed by atoms with Crippen LogP contribution in [0.25, 0.3) is 0 Å². The van der Waals surface area contributed by atoms with Crippen molar-refractivity contribution < 1.29 is 0 Å². The molecule has 1 N–H and O–H groups in total. The summed E-state index contributed by atoms with van der Waals surface area (Å²) in [6.07, 6.45) is 0. The molecule has 64 valence electrons. The summed E-state index contributed by atoms with van der Waals surface area (Å²) < 4.78 is 1.05. The molecule has 1 rings (SSSR count). The summed E-state index contributed by atoms with van der Waals surface area (Å²) in [5, 5.41) is 3.20. The number of halogens is 1. The SMILES string of the molecule is C=Nc1ccc(Br)cc1NCC. The quantitative estimate of drug-likeness (QED) is 0.787. The van der Waals surface area contributed by atoms with E-state index in [0.717, 1.165) is 22.4 Å². The molecule has 1 aromatic rings. The fourth-order valence-electron chi connectivity index (χ4n) is 0.978. The third kappa shape index (κ3) is 2.08. The van der Waals surface area contributed by atoms with E-state index in [1.807, 2.05) is 25.1 Å². The highest BCUT2D eigenvalue weighted by molar-refractivity contribution is 9.10. The topological polar surface area (TPSA) is 24.4 Å². The van der Waals surface area contributed by atoms with E-state index in [1.54, 1.807) is 0 Å². The van der Waals surface area contributed by atoms with Crippen LogP contribution in [-0.4, -0.2) is 13.3 Å². The molecule has 0 radical (unpaired) electrons. The van der Waals surface area contributed by atoms with Crippen LogP contribution in [0, 0.1) is 0 Å². The summed E-state index contributed by atoms with van der Waals surface area (Å²) in [5.74, 6) is 0. The van der Waals surface area contributed by atoms with Crippen LogP contribution in [0.15, 0.2) is 27.7 Å². The molecule has 0 bridgehead atoms. The molecule has 1 aromatic carbocycles. The average Bonchev–Trinajstić information content (AvgIpc) is 2.05. The van der Waals surface area contributed by atoms with Gasteiger partial charge in [-0.05, 0) is 31.8 Å². The minimum absolute atomic E-state index is 0.888. The second kappa shape index (κ2) is 4.26. The van der Waals surface area contributed by atoms with Gasteiger partial charge in [0, 0.05) is 11.0 Å². The van der Waals surface area contributed by atoms with E-state index >= 15 is 0 Å². The lowest BCUT2D eigenvalue weighted by molar-refractivity contribution is 1.21. The van der Waals surface area contributed by atoms with E-state index in [2.05, 4.69) is 33.0 Å². The second-order valence-corrected chi connectivity index (χ2v) is 3.27. The molecule has 0 saturated heterocycles. The Hall–Kier alpha value is -0.830. The van der Waals surface area contributed by atoms with Gasteiger partial charge in [0.25, 0.3) is 0 Å². The zero-order valence-corrected chi connectivity index (χ0v) is 8.56. The fourth-order valence-corrected chi connectivity index (χ4v) is 1.34. The van der Waals surface area contributed by atoms with Crippen LogP contribution in [0.5, 0.6) is 0 Å². The fraction of sp³-hybridized carbons (Fsp3) is 0.222. The Labute approximate surface area is 80.8 Å². The van der Waals surface area contributed by atoms with Crippen molar-refractivity contribution in [3.63, 3.8) is 0 Å². The zero-order valence-electron chi connectivity index (χ0n) is 6.97. The minimum Gasteiger partial charge on any atom is -0.384 e. The van der Waals surface area contributed by atoms with Crippen molar-refractivity contribution in [3.05, 3.63) is 22.7 Å². The molecule has 0 fully saturated rings. The number of hydrogen-bond donors (Lipinski definition) is 1. The summed E-state index contributed by atoms with van der Waals surface area (Å²) in [5.41, 5.74) is 1.90. The van der Waals surface area contributed by atoms with Crippen LogP contribution < -0.4 is 5.32 Å². The van der Waals surface area contributed by atoms with Crippen LogP contribution >= 0.6 is 15.9 Å². The lowest BCUT2D eigenvalue weighted by atomic mass is 10.2. The Morgan fingerprint density at radius 3 is 2.92 bits per heavy atom. The first-order valence-corrected chi connectivity index (χ1v) is 4.57. The Morgan fingerprint density at radius 2 is 2.33 bits per heavy atom. The maximum absolute atomic E-state index is 3.90. The van der Waals surface area contributed by atoms with Crippen LogP contribution in [0.2, 0.25) is 0 Å². The van der Waals surface area contributed by atoms with Gasteiger partial charge in [-0.2, -0.15) is 0 Å². The van der Waals surface area contributed by atoms with Crippen molar-refractivity contribution in [2.75, 3.05) is 11.9 Å². The van der Waals surface area contributed by atoms with Crippen molar-refractivity contribution in [3.8, 4) is 0 Å². The van der Waals surface area contributed by atoms with Crippen molar-refractivity contribution >= 4 is 34.0 Å². The second-order valence-electron chi connectivity index (χ2n) is 2.35. The van der Waals surface area contributed by atoms with E-state index in [4.69, 9.17) is 0 Å². The van der Waals surface area contributed by atoms with Gasteiger partial charge in [-0.15, -0.1) is 0 Å². The van der Waals surface area contributed by atoms with Gasteiger partial charge in [0.15, 0.2) is 0 Å². The first-order chi connectivity index (χ1) is 5.77. The Morgan fingerprint density at radius 1 is 1.58 bits per heavy atom. The third-order valence-corrected chi connectivity index (χ3v) is 1.99. The van der Waals surface area contributed by atoms with Crippen LogP contribution in [-0.2, 0) is 0 Å². The molecule has 0 aliphatic heterocycles. The number of anilines is 1. The first kappa shape index (κ1) is 9.26. The normalized spacial score (nSPS) is 9.50. The Bertz CT molecular complexity index is 284. The van der Waals surface area contributed by atoms with Crippen LogP contribution in [0.4, 0.5) is 11.4 Å². The van der Waals surface area contributed by atoms with E-state index in [-0.39, 0.29) is 0 Å². The highest BCUT2D eigenvalue weighted by atomic mass is 79.9. The molecule has 0 amide bonds. The predicted octanol–water partition coefficient (Wildman–Crippen LogP) is 3.21. The zero-order chi connectivity index (χ0) is 8.97. The number of hydrogen-bond acceptors (Lipinski definition) is 2. The van der Waals surface area contributed by atoms with Crippen molar-refractivity contribution in [1.29, 1.82) is 0 Å². The van der Waals surface area contributed by atoms with E-state index in [0.29, 0.717) is 0 Å². The smallest absolute Gasteiger partial charge is 0.0854 e. The van der Waals surface area contributed by atoms with Gasteiger partial charge in [-0.1, -0.05) is 15.9 Å². The number of rotatable bonds is 3. The third-order valence-electron chi connectivity index (χ3n) is 1.50. The molecule has 0 aliphatic rings. The summed E-state index contributed by atoms with van der Waals surface area (Å²) in [6.45, 7) is 6.44. The molecular weight excluding hydrogens is 216 g/mol. The Kier molecular flexibility index (Phi) is 3.29. The maximum Gasteiger partial charge on any atom is 0.0854 e. The summed E-state index contributed by atoms with van der Waals surface area (Å²) in [4.78, 5) is 3.90. The van der Waals surface area contributed by atoms with E-state index < -0.39 is 0 Å². The van der Waals surface area contributed by atoms with Crippen molar-refractivity contribution in [1.82, 2.24) is 0 Å². The van der Waals surface area contributed by atoms with Gasteiger partial charge >= 0.3 is 0 Å². The number of nitrogens with one attached hydrogen (secondary N) is 1. The lowest BCUT2D eigenvalue weighted by Crippen LogP contribution is -1.96. The molecule has 3 heteroatoms. The molecule has 2 nitrogen and oxygen atoms in total. The standard InChI is InChI=1S/C9H11BrN2/c1-3-12-9-6-7(10)4-5-8(9)11-2/h4-6,12H,2-3H2,1H3. The molecule has 0 unspecified atom stereocenters. The van der Waals surface area contributed by atoms with Gasteiger partial charge in [-0.25, -0.2) is 0 Å². The minimum atomic E-state index is 0.888. The van der Waals surface area contributed by atoms with Crippen molar-refractivity contribution in [2.45, 2.75) is 6.92 Å². The monoisotopic (exact) mass is 226 g/mol. The van der Waals surface area contributed by atoms with Gasteiger partial charge in [0.2, 0.25) is 0 Å². The number of aliphatic imine (C=N–C) groups is 1. The molecule has 0 aliphatic carbocycles. The molecule has 0 aromatic heterocycles. The van der Waals surface area contributed by atoms with Crippen molar-refractivity contribution in [2.24, 2.45) is 4.99 Å². The maximum atomic E-state index is 3.90. The van der Waals surface area contributed by atoms with Gasteiger partial charge in [-0.3, -0.25) is 4.99 Å². The molecule has 0 saturated carbocycles. The predicted molar refractivity (Wildman–Crippen MR) is 57.5 cm³/mol. The molecule has 0 spiro atoms. The molecule has 0 atom stereocenters. The van der Waals surface area contributed by atoms with Gasteiger partial charge in [0.05, 0.1) is 11.4 Å². The molecule has 0 heterocycles. The summed E-state index contributed by atoms with van der Waals surface area (Å²) >= 11 is 3.39. The molecular formula is C9H11BrN2. The first-order valence-electron chi connectivity index (χ1n) is 3.78. The largest absolute Gasteiger partial charge is 0.384 e. The van der Waals surface area contributed by atoms with Crippen LogP contribution in [0.1, 0.15) is 6.92 Å². The summed E-state index contributed by atoms with van der Waals surface area (Å²) in [6, 6.07) is 5.87. The van der Waals surface area contributed by atoms with E-state index in [1.165, 1.54) is 0 Å². The average molecular weight is 227 g/mol. The van der Waals surface area contributed by atoms with E-state index in [9.17, 15) is 0 Å². The molecule has 12 heavy (non-hydrogen) atoms.